The van der Waals surface area contributed by atoms with Crippen LogP contribution in [-0.2, 0) is 11.2 Å². The second-order valence-electron chi connectivity index (χ2n) is 4.56. The maximum Gasteiger partial charge on any atom is 0.317 e. The van der Waals surface area contributed by atoms with Gasteiger partial charge in [-0.15, -0.1) is 12.4 Å². The summed E-state index contributed by atoms with van der Waals surface area (Å²) in [4.78, 5) is 12.6. The van der Waals surface area contributed by atoms with Gasteiger partial charge in [-0.1, -0.05) is 36.8 Å². The number of nitrogens with zero attached hydrogens (tertiary/aromatic N) is 1. The Balaban J connectivity index is 0.00000289. The van der Waals surface area contributed by atoms with E-state index in [2.05, 4.69) is 38.1 Å². The molecule has 0 spiro atoms. The first-order chi connectivity index (χ1) is 8.02. The first-order valence-corrected chi connectivity index (χ1v) is 6.00. The molecule has 1 rings (SSSR count). The van der Waals surface area contributed by atoms with Gasteiger partial charge in [0.15, 0.2) is 0 Å². The highest BCUT2D eigenvalue weighted by atomic mass is 35.5. The largest absolute Gasteiger partial charge is 0.480 e. The van der Waals surface area contributed by atoms with E-state index in [1.807, 2.05) is 11.9 Å². The second kappa shape index (κ2) is 8.11. The molecule has 18 heavy (non-hydrogen) atoms. The first-order valence-electron chi connectivity index (χ1n) is 6.00. The van der Waals surface area contributed by atoms with E-state index in [9.17, 15) is 4.79 Å². The zero-order valence-corrected chi connectivity index (χ0v) is 12.0. The van der Waals surface area contributed by atoms with Gasteiger partial charge in [0.05, 0.1) is 6.54 Å². The predicted molar refractivity (Wildman–Crippen MR) is 76.5 cm³/mol. The Hall–Kier alpha value is -1.06. The molecule has 0 radical (unpaired) electrons. The van der Waals surface area contributed by atoms with Gasteiger partial charge in [-0.25, -0.2) is 0 Å². The van der Waals surface area contributed by atoms with Crippen LogP contribution in [-0.4, -0.2) is 35.6 Å². The maximum absolute atomic E-state index is 10.7. The van der Waals surface area contributed by atoms with Crippen LogP contribution < -0.4 is 0 Å². The lowest BCUT2D eigenvalue weighted by Gasteiger charge is -2.25. The van der Waals surface area contributed by atoms with Crippen molar-refractivity contribution in [3.63, 3.8) is 0 Å². The molecule has 3 nitrogen and oxygen atoms in total. The number of carbonyl (C=O) groups is 1. The molecule has 0 aliphatic rings. The predicted octanol–water partition coefficient (Wildman–Crippen LogP) is 2.75. The lowest BCUT2D eigenvalue weighted by Crippen LogP contribution is -2.36. The Kier molecular flexibility index (Phi) is 7.64. The monoisotopic (exact) mass is 271 g/mol. The number of aryl methyl sites for hydroxylation is 1. The molecule has 1 N–H and O–H groups in total. The van der Waals surface area contributed by atoms with Crippen molar-refractivity contribution in [2.24, 2.45) is 0 Å². The molecule has 0 saturated heterocycles. The standard InChI is InChI=1S/C14H21NO2.ClH/c1-4-13(15(3)10-14(16)17)9-12-7-5-11(2)6-8-12;/h5-8,13H,4,9-10H2,1-3H3,(H,16,17);1H. The van der Waals surface area contributed by atoms with Crippen molar-refractivity contribution in [2.75, 3.05) is 13.6 Å². The molecular weight excluding hydrogens is 250 g/mol. The van der Waals surface area contributed by atoms with Crippen LogP contribution in [0.3, 0.4) is 0 Å². The third-order valence-electron chi connectivity index (χ3n) is 3.07. The molecule has 0 aliphatic heterocycles. The summed E-state index contributed by atoms with van der Waals surface area (Å²) < 4.78 is 0. The van der Waals surface area contributed by atoms with Crippen molar-refractivity contribution < 1.29 is 9.90 Å². The zero-order valence-electron chi connectivity index (χ0n) is 11.2. The van der Waals surface area contributed by atoms with E-state index in [-0.39, 0.29) is 25.0 Å². The summed E-state index contributed by atoms with van der Waals surface area (Å²) in [7, 11) is 1.87. The van der Waals surface area contributed by atoms with Gasteiger partial charge in [-0.05, 0) is 32.4 Å². The molecule has 0 aromatic heterocycles. The number of rotatable bonds is 6. The molecule has 1 aromatic carbocycles. The molecule has 0 fully saturated rings. The van der Waals surface area contributed by atoms with E-state index in [1.54, 1.807) is 0 Å². The highest BCUT2D eigenvalue weighted by Gasteiger charge is 2.15. The molecule has 1 atom stereocenters. The van der Waals surface area contributed by atoms with Gasteiger partial charge in [0, 0.05) is 6.04 Å². The molecule has 1 unspecified atom stereocenters. The Bertz CT molecular complexity index is 365. The molecule has 0 heterocycles. The van der Waals surface area contributed by atoms with Crippen molar-refractivity contribution in [3.05, 3.63) is 35.4 Å². The number of carboxylic acid groups (broad SMARTS) is 1. The fourth-order valence-corrected chi connectivity index (χ4v) is 1.95. The van der Waals surface area contributed by atoms with Crippen LogP contribution in [0.25, 0.3) is 0 Å². The molecule has 102 valence electrons. The maximum atomic E-state index is 10.7. The van der Waals surface area contributed by atoms with Crippen molar-refractivity contribution in [1.82, 2.24) is 4.90 Å². The number of likely N-dealkylation sites (N-methyl/N-ethyl adjacent to an activating group) is 1. The number of aliphatic carboxylic acids is 1. The SMILES string of the molecule is CCC(Cc1ccc(C)cc1)N(C)CC(=O)O.Cl. The fraction of sp³-hybridized carbons (Fsp3) is 0.500. The highest BCUT2D eigenvalue weighted by Crippen LogP contribution is 2.11. The highest BCUT2D eigenvalue weighted by molar-refractivity contribution is 5.85. The van der Waals surface area contributed by atoms with Crippen LogP contribution in [0.5, 0.6) is 0 Å². The fourth-order valence-electron chi connectivity index (χ4n) is 1.95. The molecule has 1 aromatic rings. The van der Waals surface area contributed by atoms with Crippen LogP contribution in [0, 0.1) is 6.92 Å². The van der Waals surface area contributed by atoms with E-state index in [4.69, 9.17) is 5.11 Å². The minimum Gasteiger partial charge on any atom is -0.480 e. The normalized spacial score (nSPS) is 12.0. The van der Waals surface area contributed by atoms with Crippen LogP contribution in [0.4, 0.5) is 0 Å². The smallest absolute Gasteiger partial charge is 0.317 e. The van der Waals surface area contributed by atoms with Crippen LogP contribution in [0.2, 0.25) is 0 Å². The van der Waals surface area contributed by atoms with E-state index in [1.165, 1.54) is 11.1 Å². The van der Waals surface area contributed by atoms with Gasteiger partial charge < -0.3 is 5.11 Å². The van der Waals surface area contributed by atoms with E-state index in [0.717, 1.165) is 12.8 Å². The number of hydrogen-bond donors (Lipinski definition) is 1. The third kappa shape index (κ3) is 5.52. The van der Waals surface area contributed by atoms with Crippen molar-refractivity contribution in [2.45, 2.75) is 32.7 Å². The molecule has 0 amide bonds. The summed E-state index contributed by atoms with van der Waals surface area (Å²) in [5.41, 5.74) is 2.51. The Morgan fingerprint density at radius 3 is 2.33 bits per heavy atom. The number of halogens is 1. The van der Waals surface area contributed by atoms with E-state index < -0.39 is 5.97 Å². The third-order valence-corrected chi connectivity index (χ3v) is 3.07. The summed E-state index contributed by atoms with van der Waals surface area (Å²) in [5, 5.41) is 8.79. The average Bonchev–Trinajstić information content (AvgIpc) is 2.27. The molecular formula is C14H22ClNO2. The number of carboxylic acids is 1. The summed E-state index contributed by atoms with van der Waals surface area (Å²) in [6, 6.07) is 8.71. The second-order valence-corrected chi connectivity index (χ2v) is 4.56. The van der Waals surface area contributed by atoms with Gasteiger partial charge in [0.25, 0.3) is 0 Å². The Morgan fingerprint density at radius 1 is 1.33 bits per heavy atom. The summed E-state index contributed by atoms with van der Waals surface area (Å²) in [5.74, 6) is -0.769. The number of hydrogen-bond acceptors (Lipinski definition) is 2. The quantitative estimate of drug-likeness (QED) is 0.865. The van der Waals surface area contributed by atoms with E-state index in [0.29, 0.717) is 0 Å². The topological polar surface area (TPSA) is 40.5 Å². The van der Waals surface area contributed by atoms with Crippen molar-refractivity contribution in [3.8, 4) is 0 Å². The Labute approximate surface area is 115 Å². The molecule has 0 bridgehead atoms. The molecule has 0 aliphatic carbocycles. The minimum absolute atomic E-state index is 0. The number of benzene rings is 1. The minimum atomic E-state index is -0.769. The lowest BCUT2D eigenvalue weighted by molar-refractivity contribution is -0.138. The van der Waals surface area contributed by atoms with Crippen LogP contribution in [0.15, 0.2) is 24.3 Å². The van der Waals surface area contributed by atoms with Gasteiger partial charge in [-0.3, -0.25) is 9.69 Å². The first kappa shape index (κ1) is 16.9. The zero-order chi connectivity index (χ0) is 12.8. The summed E-state index contributed by atoms with van der Waals surface area (Å²) >= 11 is 0. The van der Waals surface area contributed by atoms with Gasteiger partial charge in [-0.2, -0.15) is 0 Å². The lowest BCUT2D eigenvalue weighted by atomic mass is 10.0. The van der Waals surface area contributed by atoms with Gasteiger partial charge >= 0.3 is 5.97 Å². The summed E-state index contributed by atoms with van der Waals surface area (Å²) in [6.07, 6.45) is 1.86. The van der Waals surface area contributed by atoms with Gasteiger partial charge in [0.1, 0.15) is 0 Å². The average molecular weight is 272 g/mol. The van der Waals surface area contributed by atoms with Crippen LogP contribution >= 0.6 is 12.4 Å². The summed E-state index contributed by atoms with van der Waals surface area (Å²) in [6.45, 7) is 4.26. The van der Waals surface area contributed by atoms with Crippen molar-refractivity contribution in [1.29, 1.82) is 0 Å². The van der Waals surface area contributed by atoms with Crippen LogP contribution in [0.1, 0.15) is 24.5 Å². The molecule has 4 heteroatoms. The Morgan fingerprint density at radius 2 is 1.89 bits per heavy atom. The van der Waals surface area contributed by atoms with E-state index >= 15 is 0 Å². The van der Waals surface area contributed by atoms with Gasteiger partial charge in [0.2, 0.25) is 0 Å². The van der Waals surface area contributed by atoms with Crippen molar-refractivity contribution >= 4 is 18.4 Å². The molecule has 0 saturated carbocycles.